The summed E-state index contributed by atoms with van der Waals surface area (Å²) in [6, 6.07) is 7.28. The molecule has 2 rings (SSSR count). The summed E-state index contributed by atoms with van der Waals surface area (Å²) in [4.78, 5) is 23.9. The van der Waals surface area contributed by atoms with Crippen LogP contribution < -0.4 is 5.11 Å². The summed E-state index contributed by atoms with van der Waals surface area (Å²) in [5.41, 5.74) is 3.84. The van der Waals surface area contributed by atoms with Crippen LogP contribution in [0.3, 0.4) is 0 Å². The van der Waals surface area contributed by atoms with E-state index in [1.165, 1.54) is 0 Å². The van der Waals surface area contributed by atoms with E-state index in [4.69, 9.17) is 0 Å². The molecule has 1 aliphatic rings. The van der Waals surface area contributed by atoms with Crippen LogP contribution in [0.5, 0.6) is 0 Å². The molecule has 3 nitrogen and oxygen atoms in total. The number of hydrogen-bond donors (Lipinski definition) is 0. The van der Waals surface area contributed by atoms with Gasteiger partial charge in [0.2, 0.25) is 0 Å². The molecule has 0 radical (unpaired) electrons. The van der Waals surface area contributed by atoms with Crippen molar-refractivity contribution in [3.05, 3.63) is 46.5 Å². The molecule has 0 amide bonds. The summed E-state index contributed by atoms with van der Waals surface area (Å²) in [6.45, 7) is 5.85. The molecule has 20 heavy (non-hydrogen) atoms. The zero-order valence-electron chi connectivity index (χ0n) is 12.1. The number of carbonyl (C=O) groups excluding carboxylic acids is 2. The number of rotatable bonds is 3. The molecule has 0 saturated heterocycles. The van der Waals surface area contributed by atoms with Gasteiger partial charge in [0.1, 0.15) is 0 Å². The number of benzene rings is 1. The predicted molar refractivity (Wildman–Crippen MR) is 75.1 cm³/mol. The number of allylic oxidation sites excluding steroid dienone is 2. The lowest BCUT2D eigenvalue weighted by Gasteiger charge is -2.32. The first-order chi connectivity index (χ1) is 9.40. The van der Waals surface area contributed by atoms with Crippen molar-refractivity contribution in [1.29, 1.82) is 0 Å². The Morgan fingerprint density at radius 1 is 0.950 bits per heavy atom. The van der Waals surface area contributed by atoms with E-state index in [2.05, 4.69) is 0 Å². The second kappa shape index (κ2) is 5.61. The highest BCUT2D eigenvalue weighted by atomic mass is 16.4. The topological polar surface area (TPSA) is 57.2 Å². The SMILES string of the molecule is CC1=C(C)C[C@@H](C(=O)c2ccc(C)cc2)[C@H](C(=O)[O-])C1. The van der Waals surface area contributed by atoms with Gasteiger partial charge in [-0.05, 0) is 33.6 Å². The highest BCUT2D eigenvalue weighted by Crippen LogP contribution is 2.35. The van der Waals surface area contributed by atoms with Gasteiger partial charge < -0.3 is 9.90 Å². The minimum atomic E-state index is -1.12. The summed E-state index contributed by atoms with van der Waals surface area (Å²) in [6.07, 6.45) is 0.924. The molecule has 0 aliphatic heterocycles. The summed E-state index contributed by atoms with van der Waals surface area (Å²) < 4.78 is 0. The van der Waals surface area contributed by atoms with Crippen LogP contribution in [0.2, 0.25) is 0 Å². The standard InChI is InChI=1S/C17H20O3/c1-10-4-6-13(7-5-10)16(18)14-8-11(2)12(3)9-15(14)17(19)20/h4-7,14-15H,8-9H2,1-3H3,(H,19,20)/p-1/t14-,15-/m1/s1. The van der Waals surface area contributed by atoms with Crippen LogP contribution in [0.4, 0.5) is 0 Å². The van der Waals surface area contributed by atoms with Crippen molar-refractivity contribution >= 4 is 11.8 Å². The minimum Gasteiger partial charge on any atom is -0.550 e. The van der Waals surface area contributed by atoms with Crippen molar-refractivity contribution in [3.8, 4) is 0 Å². The van der Waals surface area contributed by atoms with E-state index in [-0.39, 0.29) is 5.78 Å². The number of Topliss-reactive ketones (excluding diaryl/α,β-unsaturated/α-hetero) is 1. The molecule has 1 aliphatic carbocycles. The molecule has 0 heterocycles. The lowest BCUT2D eigenvalue weighted by atomic mass is 9.73. The first-order valence-electron chi connectivity index (χ1n) is 6.87. The Labute approximate surface area is 119 Å². The molecule has 2 atom stereocenters. The Kier molecular flexibility index (Phi) is 4.07. The maximum absolute atomic E-state index is 12.6. The van der Waals surface area contributed by atoms with Gasteiger partial charge >= 0.3 is 0 Å². The first kappa shape index (κ1) is 14.5. The van der Waals surface area contributed by atoms with Gasteiger partial charge in [-0.25, -0.2) is 0 Å². The fraction of sp³-hybridized carbons (Fsp3) is 0.412. The quantitative estimate of drug-likeness (QED) is 0.626. The molecule has 0 unspecified atom stereocenters. The molecule has 0 bridgehead atoms. The molecule has 1 aromatic rings. The normalized spacial score (nSPS) is 22.8. The average Bonchev–Trinajstić information content (AvgIpc) is 2.41. The van der Waals surface area contributed by atoms with Gasteiger partial charge in [-0.1, -0.05) is 41.0 Å². The molecule has 1 aromatic carbocycles. The van der Waals surface area contributed by atoms with Crippen LogP contribution in [0.25, 0.3) is 0 Å². The van der Waals surface area contributed by atoms with E-state index in [9.17, 15) is 14.7 Å². The second-order valence-corrected chi connectivity index (χ2v) is 5.73. The fourth-order valence-corrected chi connectivity index (χ4v) is 2.75. The number of carboxylic acid groups (broad SMARTS) is 1. The van der Waals surface area contributed by atoms with E-state index in [1.54, 1.807) is 12.1 Å². The lowest BCUT2D eigenvalue weighted by Crippen LogP contribution is -2.41. The van der Waals surface area contributed by atoms with E-state index in [0.717, 1.165) is 16.7 Å². The van der Waals surface area contributed by atoms with Gasteiger partial charge in [-0.3, -0.25) is 4.79 Å². The zero-order chi connectivity index (χ0) is 14.9. The maximum atomic E-state index is 12.6. The highest BCUT2D eigenvalue weighted by Gasteiger charge is 2.33. The number of aliphatic carboxylic acids is 1. The molecule has 0 aromatic heterocycles. The fourth-order valence-electron chi connectivity index (χ4n) is 2.75. The highest BCUT2D eigenvalue weighted by molar-refractivity contribution is 6.00. The monoisotopic (exact) mass is 271 g/mol. The average molecular weight is 271 g/mol. The Bertz CT molecular complexity index is 566. The number of carbonyl (C=O) groups is 2. The molecule has 0 spiro atoms. The third kappa shape index (κ3) is 2.82. The van der Waals surface area contributed by atoms with Gasteiger partial charge in [0.15, 0.2) is 5.78 Å². The molecule has 106 valence electrons. The number of aryl methyl sites for hydroxylation is 1. The van der Waals surface area contributed by atoms with Crippen molar-refractivity contribution in [2.24, 2.45) is 11.8 Å². The Balaban J connectivity index is 2.31. The second-order valence-electron chi connectivity index (χ2n) is 5.73. The Morgan fingerprint density at radius 2 is 1.45 bits per heavy atom. The minimum absolute atomic E-state index is 0.0916. The molecule has 3 heteroatoms. The van der Waals surface area contributed by atoms with E-state index in [0.29, 0.717) is 18.4 Å². The molecular formula is C17H19O3-. The Hall–Kier alpha value is -1.90. The summed E-state index contributed by atoms with van der Waals surface area (Å²) in [5.74, 6) is -2.44. The number of ketones is 1. The summed E-state index contributed by atoms with van der Waals surface area (Å²) in [5, 5.41) is 11.3. The van der Waals surface area contributed by atoms with Gasteiger partial charge in [-0.15, -0.1) is 0 Å². The van der Waals surface area contributed by atoms with Crippen LogP contribution in [-0.4, -0.2) is 11.8 Å². The molecule has 0 fully saturated rings. The van der Waals surface area contributed by atoms with Crippen molar-refractivity contribution in [2.75, 3.05) is 0 Å². The van der Waals surface area contributed by atoms with Crippen LogP contribution in [0.1, 0.15) is 42.6 Å². The number of carboxylic acids is 1. The predicted octanol–water partition coefficient (Wildman–Crippen LogP) is 2.29. The van der Waals surface area contributed by atoms with Gasteiger partial charge in [0, 0.05) is 23.4 Å². The maximum Gasteiger partial charge on any atom is 0.166 e. The third-order valence-corrected chi connectivity index (χ3v) is 4.24. The largest absolute Gasteiger partial charge is 0.550 e. The van der Waals surface area contributed by atoms with Crippen molar-refractivity contribution in [2.45, 2.75) is 33.6 Å². The van der Waals surface area contributed by atoms with Crippen LogP contribution in [0.15, 0.2) is 35.4 Å². The molecule has 0 saturated carbocycles. The molecule has 0 N–H and O–H groups in total. The van der Waals surface area contributed by atoms with Gasteiger partial charge in [0.25, 0.3) is 0 Å². The van der Waals surface area contributed by atoms with E-state index in [1.807, 2.05) is 32.9 Å². The van der Waals surface area contributed by atoms with Crippen LogP contribution in [0, 0.1) is 18.8 Å². The Morgan fingerprint density at radius 3 is 1.95 bits per heavy atom. The lowest BCUT2D eigenvalue weighted by molar-refractivity contribution is -0.313. The van der Waals surface area contributed by atoms with Crippen molar-refractivity contribution in [3.63, 3.8) is 0 Å². The summed E-state index contributed by atoms with van der Waals surface area (Å²) in [7, 11) is 0. The first-order valence-corrected chi connectivity index (χ1v) is 6.87. The molecular weight excluding hydrogens is 252 g/mol. The van der Waals surface area contributed by atoms with E-state index < -0.39 is 17.8 Å². The third-order valence-electron chi connectivity index (χ3n) is 4.24. The van der Waals surface area contributed by atoms with Gasteiger partial charge in [0.05, 0.1) is 0 Å². The van der Waals surface area contributed by atoms with Crippen molar-refractivity contribution < 1.29 is 14.7 Å². The van der Waals surface area contributed by atoms with Crippen LogP contribution >= 0.6 is 0 Å². The van der Waals surface area contributed by atoms with Crippen molar-refractivity contribution in [1.82, 2.24) is 0 Å². The summed E-state index contributed by atoms with van der Waals surface area (Å²) >= 11 is 0. The number of hydrogen-bond acceptors (Lipinski definition) is 3. The smallest absolute Gasteiger partial charge is 0.166 e. The van der Waals surface area contributed by atoms with E-state index >= 15 is 0 Å². The van der Waals surface area contributed by atoms with Crippen LogP contribution in [-0.2, 0) is 4.79 Å². The zero-order valence-corrected chi connectivity index (χ0v) is 12.1. The van der Waals surface area contributed by atoms with Gasteiger partial charge in [-0.2, -0.15) is 0 Å².